The van der Waals surface area contributed by atoms with E-state index in [0.29, 0.717) is 30.9 Å². The molecule has 2 fully saturated rings. The Balaban J connectivity index is 1.60. The van der Waals surface area contributed by atoms with Crippen molar-refractivity contribution in [1.29, 1.82) is 0 Å². The van der Waals surface area contributed by atoms with Gasteiger partial charge in [-0.2, -0.15) is 0 Å². The summed E-state index contributed by atoms with van der Waals surface area (Å²) < 4.78 is 16.8. The fourth-order valence-electron chi connectivity index (χ4n) is 4.22. The molecule has 1 aromatic carbocycles. The molecule has 0 radical (unpaired) electrons. The maximum atomic E-state index is 13.4. The van der Waals surface area contributed by atoms with Crippen LogP contribution in [0.4, 0.5) is 0 Å². The molecule has 3 aliphatic rings. The van der Waals surface area contributed by atoms with Gasteiger partial charge in [-0.3, -0.25) is 24.6 Å². The number of nitrogens with zero attached hydrogens (tertiary/aromatic N) is 1. The van der Waals surface area contributed by atoms with Gasteiger partial charge in [0, 0.05) is 25.2 Å². The average molecular weight is 428 g/mol. The highest BCUT2D eigenvalue weighted by Gasteiger charge is 2.44. The Labute approximate surface area is 181 Å². The van der Waals surface area contributed by atoms with Crippen LogP contribution in [-0.4, -0.2) is 54.8 Å². The molecular weight excluding hydrogens is 400 g/mol. The zero-order chi connectivity index (χ0) is 22.0. The third kappa shape index (κ3) is 4.22. The van der Waals surface area contributed by atoms with Gasteiger partial charge in [-0.25, -0.2) is 0 Å². The minimum Gasteiger partial charge on any atom is -0.488 e. The number of piperidine rings is 1. The van der Waals surface area contributed by atoms with Crippen LogP contribution in [0.25, 0.3) is 5.70 Å². The lowest BCUT2D eigenvalue weighted by atomic mass is 9.87. The van der Waals surface area contributed by atoms with Crippen molar-refractivity contribution in [2.45, 2.75) is 58.3 Å². The first-order chi connectivity index (χ1) is 15.0. The Morgan fingerprint density at radius 2 is 1.81 bits per heavy atom. The zero-order valence-corrected chi connectivity index (χ0v) is 17.9. The summed E-state index contributed by atoms with van der Waals surface area (Å²) in [5.74, 6) is -0.394. The molecule has 3 amide bonds. The molecule has 4 rings (SSSR count). The van der Waals surface area contributed by atoms with E-state index in [1.165, 1.54) is 5.57 Å². The number of hydrogen-bond acceptors (Lipinski definition) is 6. The van der Waals surface area contributed by atoms with E-state index < -0.39 is 18.2 Å². The molecule has 2 aliphatic heterocycles. The number of imide groups is 1. The SMILES string of the molecule is CCOC(COc1ccc2c(c1)C(=O)N(C1CCC(=O)NC1=O)C2=C1CCC1)OCC. The van der Waals surface area contributed by atoms with Crippen molar-refractivity contribution in [1.82, 2.24) is 10.2 Å². The van der Waals surface area contributed by atoms with E-state index in [1.807, 2.05) is 26.0 Å². The van der Waals surface area contributed by atoms with Crippen molar-refractivity contribution in [3.05, 3.63) is 34.9 Å². The number of benzene rings is 1. The molecular formula is C23H28N2O6. The quantitative estimate of drug-likeness (QED) is 0.505. The number of carbonyl (C=O) groups excluding carboxylic acids is 3. The molecule has 1 atom stereocenters. The molecule has 31 heavy (non-hydrogen) atoms. The van der Waals surface area contributed by atoms with E-state index in [-0.39, 0.29) is 24.8 Å². The van der Waals surface area contributed by atoms with Gasteiger partial charge in [0.2, 0.25) is 11.8 Å². The molecule has 2 heterocycles. The van der Waals surface area contributed by atoms with Gasteiger partial charge >= 0.3 is 0 Å². The van der Waals surface area contributed by atoms with E-state index >= 15 is 0 Å². The Morgan fingerprint density at radius 3 is 2.42 bits per heavy atom. The normalized spacial score (nSPS) is 20.8. The summed E-state index contributed by atoms with van der Waals surface area (Å²) in [5.41, 5.74) is 3.34. The Morgan fingerprint density at radius 1 is 1.06 bits per heavy atom. The minimum absolute atomic E-state index is 0.208. The van der Waals surface area contributed by atoms with Crippen LogP contribution >= 0.6 is 0 Å². The van der Waals surface area contributed by atoms with Gasteiger partial charge < -0.3 is 14.2 Å². The van der Waals surface area contributed by atoms with Crippen LogP contribution in [-0.2, 0) is 19.1 Å². The number of hydrogen-bond donors (Lipinski definition) is 1. The van der Waals surface area contributed by atoms with Crippen molar-refractivity contribution in [3.8, 4) is 5.75 Å². The fraction of sp³-hybridized carbons (Fsp3) is 0.522. The second kappa shape index (κ2) is 9.20. The minimum atomic E-state index is -0.676. The third-order valence-corrected chi connectivity index (χ3v) is 5.84. The highest BCUT2D eigenvalue weighted by Crippen LogP contribution is 2.44. The van der Waals surface area contributed by atoms with E-state index in [1.54, 1.807) is 11.0 Å². The van der Waals surface area contributed by atoms with Crippen LogP contribution in [0.1, 0.15) is 61.9 Å². The van der Waals surface area contributed by atoms with Crippen molar-refractivity contribution in [2.24, 2.45) is 0 Å². The highest BCUT2D eigenvalue weighted by atomic mass is 16.7. The first-order valence-corrected chi connectivity index (χ1v) is 10.9. The summed E-state index contributed by atoms with van der Waals surface area (Å²) in [6.45, 7) is 5.00. The Kier molecular flexibility index (Phi) is 6.38. The molecule has 8 nitrogen and oxygen atoms in total. The monoisotopic (exact) mass is 428 g/mol. The number of rotatable bonds is 8. The maximum absolute atomic E-state index is 13.4. The van der Waals surface area contributed by atoms with Gasteiger partial charge in [-0.1, -0.05) is 0 Å². The smallest absolute Gasteiger partial charge is 0.259 e. The van der Waals surface area contributed by atoms with Gasteiger partial charge in [0.25, 0.3) is 5.91 Å². The second-order valence-corrected chi connectivity index (χ2v) is 7.81. The first kappa shape index (κ1) is 21.5. The summed E-state index contributed by atoms with van der Waals surface area (Å²) in [5, 5.41) is 2.37. The van der Waals surface area contributed by atoms with Crippen LogP contribution < -0.4 is 10.1 Å². The lowest BCUT2D eigenvalue weighted by Gasteiger charge is -2.33. The molecule has 0 bridgehead atoms. The predicted octanol–water partition coefficient (Wildman–Crippen LogP) is 2.62. The van der Waals surface area contributed by atoms with Crippen molar-refractivity contribution in [2.75, 3.05) is 19.8 Å². The molecule has 1 aliphatic carbocycles. The van der Waals surface area contributed by atoms with Crippen LogP contribution in [0.5, 0.6) is 5.75 Å². The molecule has 0 aromatic heterocycles. The topological polar surface area (TPSA) is 94.2 Å². The number of nitrogens with one attached hydrogen (secondary N) is 1. The van der Waals surface area contributed by atoms with Crippen LogP contribution in [0.2, 0.25) is 0 Å². The zero-order valence-electron chi connectivity index (χ0n) is 17.9. The molecule has 1 saturated heterocycles. The van der Waals surface area contributed by atoms with Crippen LogP contribution in [0.15, 0.2) is 23.8 Å². The maximum Gasteiger partial charge on any atom is 0.259 e. The van der Waals surface area contributed by atoms with Crippen molar-refractivity contribution >= 4 is 23.4 Å². The van der Waals surface area contributed by atoms with Gasteiger partial charge in [0.1, 0.15) is 18.4 Å². The average Bonchev–Trinajstić information content (AvgIpc) is 2.97. The highest BCUT2D eigenvalue weighted by molar-refractivity contribution is 6.13. The standard InChI is InChI=1S/C23H28N2O6/c1-3-29-20(30-4-2)13-31-15-8-9-16-17(12-15)23(28)25(21(16)14-6-5-7-14)18-10-11-19(26)24-22(18)27/h8-9,12,18,20H,3-7,10-11,13H2,1-2H3,(H,24,26,27). The van der Waals surface area contributed by atoms with Gasteiger partial charge in [0.05, 0.1) is 11.3 Å². The number of fused-ring (bicyclic) bond motifs is 1. The molecule has 0 spiro atoms. The molecule has 1 unspecified atom stereocenters. The van der Waals surface area contributed by atoms with E-state index in [2.05, 4.69) is 5.32 Å². The van der Waals surface area contributed by atoms with Crippen molar-refractivity contribution in [3.63, 3.8) is 0 Å². The second-order valence-electron chi connectivity index (χ2n) is 7.81. The predicted molar refractivity (Wildman–Crippen MR) is 112 cm³/mol. The summed E-state index contributed by atoms with van der Waals surface area (Å²) in [6.07, 6.45) is 2.97. The fourth-order valence-corrected chi connectivity index (χ4v) is 4.22. The molecule has 166 valence electrons. The molecule has 1 aromatic rings. The lowest BCUT2D eigenvalue weighted by molar-refractivity contribution is -0.152. The van der Waals surface area contributed by atoms with E-state index in [4.69, 9.17) is 14.2 Å². The largest absolute Gasteiger partial charge is 0.488 e. The summed E-state index contributed by atoms with van der Waals surface area (Å²) in [4.78, 5) is 39.1. The van der Waals surface area contributed by atoms with Gasteiger partial charge in [-0.15, -0.1) is 0 Å². The van der Waals surface area contributed by atoms with E-state index in [9.17, 15) is 14.4 Å². The molecule has 8 heteroatoms. The van der Waals surface area contributed by atoms with Gasteiger partial charge in [-0.05, 0) is 63.3 Å². The number of amides is 3. The molecule has 1 saturated carbocycles. The lowest BCUT2D eigenvalue weighted by Crippen LogP contribution is -2.52. The van der Waals surface area contributed by atoms with E-state index in [0.717, 1.165) is 30.5 Å². The number of allylic oxidation sites excluding steroid dienone is 1. The number of carbonyl (C=O) groups is 3. The first-order valence-electron chi connectivity index (χ1n) is 10.9. The Hall–Kier alpha value is -2.71. The van der Waals surface area contributed by atoms with Crippen LogP contribution in [0, 0.1) is 0 Å². The summed E-state index contributed by atoms with van der Waals surface area (Å²) in [7, 11) is 0. The summed E-state index contributed by atoms with van der Waals surface area (Å²) in [6, 6.07) is 4.75. The number of ether oxygens (including phenoxy) is 3. The third-order valence-electron chi connectivity index (χ3n) is 5.84. The Bertz CT molecular complexity index is 913. The van der Waals surface area contributed by atoms with Crippen molar-refractivity contribution < 1.29 is 28.6 Å². The van der Waals surface area contributed by atoms with Gasteiger partial charge in [0.15, 0.2) is 6.29 Å². The summed E-state index contributed by atoms with van der Waals surface area (Å²) >= 11 is 0. The van der Waals surface area contributed by atoms with Crippen LogP contribution in [0.3, 0.4) is 0 Å². The molecule has 1 N–H and O–H groups in total.